The molecule has 0 radical (unpaired) electrons. The summed E-state index contributed by atoms with van der Waals surface area (Å²) in [4.78, 5) is 4.98. The van der Waals surface area contributed by atoms with Crippen LogP contribution in [0.2, 0.25) is 0 Å². The highest BCUT2D eigenvalue weighted by Gasteiger charge is 2.43. The van der Waals surface area contributed by atoms with Gasteiger partial charge in [-0.05, 0) is 142 Å². The van der Waals surface area contributed by atoms with Crippen molar-refractivity contribution in [1.29, 1.82) is 5.26 Å². The number of halogens is 24. The average molecular weight is 1440 g/mol. The van der Waals surface area contributed by atoms with Crippen molar-refractivity contribution in [1.82, 2.24) is 14.1 Å². The van der Waals surface area contributed by atoms with Gasteiger partial charge in [0.2, 0.25) is 0 Å². The summed E-state index contributed by atoms with van der Waals surface area (Å²) in [5.74, 6) is 0. The first kappa shape index (κ1) is 69.2. The summed E-state index contributed by atoms with van der Waals surface area (Å²) < 4.78 is 355. The van der Waals surface area contributed by atoms with Gasteiger partial charge in [-0.2, -0.15) is 111 Å². The lowest BCUT2D eigenvalue weighted by Crippen LogP contribution is -2.12. The van der Waals surface area contributed by atoms with Gasteiger partial charge in [-0.25, -0.2) is 4.98 Å². The standard InChI is InChI=1S/C74H34F24N4/c75-67(76,77)42-13-21-46(54(31-42)71(87,88)89)38-9-17-50-51-18-10-39(47-22-14-43(68(78,79)80)32-55(47)72(90,91)92)28-61(51)101(60(50)27-38)64-25-36(35-99)26-65(66(64)59-8-4-7-58(100-59)37-5-2-1-3-6-37)102-62-29-40(48-23-15-44(69(81,82)83)33-56(48)73(93,94)95)11-19-52(62)53-20-12-41(30-63(53)102)49-24-16-45(70(84,85)86)34-57(49)74(96,97)98/h1-34H. The molecule has 0 aliphatic heterocycles. The lowest BCUT2D eigenvalue weighted by molar-refractivity contribution is -0.144. The molecule has 0 bridgehead atoms. The number of pyridine rings is 1. The fourth-order valence-electron chi connectivity index (χ4n) is 12.7. The first-order valence-corrected chi connectivity index (χ1v) is 29.5. The van der Waals surface area contributed by atoms with Gasteiger partial charge in [-0.3, -0.25) is 0 Å². The van der Waals surface area contributed by atoms with Gasteiger partial charge in [-0.1, -0.05) is 109 Å². The van der Waals surface area contributed by atoms with Crippen LogP contribution in [0.4, 0.5) is 105 Å². The Balaban J connectivity index is 1.23. The Morgan fingerprint density at radius 2 is 0.549 bits per heavy atom. The lowest BCUT2D eigenvalue weighted by Gasteiger charge is -2.22. The van der Waals surface area contributed by atoms with Crippen LogP contribution >= 0.6 is 0 Å². The average Bonchev–Trinajstić information content (AvgIpc) is 1.53. The number of nitriles is 1. The summed E-state index contributed by atoms with van der Waals surface area (Å²) in [7, 11) is 0. The van der Waals surface area contributed by atoms with E-state index in [2.05, 4.69) is 0 Å². The molecular weight excluding hydrogens is 1400 g/mol. The maximum absolute atomic E-state index is 15.2. The normalized spacial score (nSPS) is 13.1. The van der Waals surface area contributed by atoms with Gasteiger partial charge < -0.3 is 9.13 Å². The molecule has 0 unspecified atom stereocenters. The molecule has 0 saturated heterocycles. The zero-order chi connectivity index (χ0) is 73.5. The monoisotopic (exact) mass is 1430 g/mol. The molecule has 0 atom stereocenters. The Morgan fingerprint density at radius 1 is 0.265 bits per heavy atom. The summed E-state index contributed by atoms with van der Waals surface area (Å²) in [5.41, 5.74) is -22.3. The van der Waals surface area contributed by atoms with Crippen molar-refractivity contribution >= 4 is 43.6 Å². The molecule has 13 aromatic rings. The Bertz CT molecular complexity index is 5030. The van der Waals surface area contributed by atoms with Gasteiger partial charge in [0, 0.05) is 32.7 Å². The summed E-state index contributed by atoms with van der Waals surface area (Å²) in [6.07, 6.45) is -43.5. The Labute approximate surface area is 556 Å². The fraction of sp³-hybridized carbons (Fsp3) is 0.108. The third-order valence-corrected chi connectivity index (χ3v) is 17.2. The van der Waals surface area contributed by atoms with Crippen molar-refractivity contribution in [2.24, 2.45) is 0 Å². The molecule has 0 aliphatic rings. The van der Waals surface area contributed by atoms with Crippen LogP contribution < -0.4 is 0 Å². The van der Waals surface area contributed by atoms with Crippen LogP contribution in [0.5, 0.6) is 0 Å². The van der Waals surface area contributed by atoms with Crippen molar-refractivity contribution in [2.45, 2.75) is 49.4 Å². The maximum Gasteiger partial charge on any atom is 0.417 e. The number of nitrogens with zero attached hydrogens (tertiary/aromatic N) is 4. The summed E-state index contributed by atoms with van der Waals surface area (Å²) in [6.45, 7) is 0. The molecule has 0 aliphatic carbocycles. The first-order chi connectivity index (χ1) is 47.6. The van der Waals surface area contributed by atoms with Crippen molar-refractivity contribution in [3.8, 4) is 84.5 Å². The lowest BCUT2D eigenvalue weighted by atomic mass is 9.95. The van der Waals surface area contributed by atoms with E-state index in [1.165, 1.54) is 42.5 Å². The van der Waals surface area contributed by atoms with E-state index in [9.17, 15) is 57.9 Å². The van der Waals surface area contributed by atoms with Crippen molar-refractivity contribution < 1.29 is 105 Å². The van der Waals surface area contributed by atoms with Crippen LogP contribution in [0.15, 0.2) is 206 Å². The predicted molar refractivity (Wildman–Crippen MR) is 330 cm³/mol. The molecule has 3 heterocycles. The molecule has 4 nitrogen and oxygen atoms in total. The van der Waals surface area contributed by atoms with E-state index in [1.807, 2.05) is 6.07 Å². The summed E-state index contributed by atoms with van der Waals surface area (Å²) in [5, 5.41) is 11.1. The third-order valence-electron chi connectivity index (χ3n) is 17.2. The molecule has 3 aromatic heterocycles. The predicted octanol–water partition coefficient (Wildman–Crippen LogP) is 25.3. The first-order valence-electron chi connectivity index (χ1n) is 29.5. The number of rotatable bonds is 8. The Morgan fingerprint density at radius 3 is 0.814 bits per heavy atom. The number of fused-ring (bicyclic) bond motifs is 6. The van der Waals surface area contributed by atoms with E-state index in [1.54, 1.807) is 30.3 Å². The minimum absolute atomic E-state index is 0.0368. The van der Waals surface area contributed by atoms with Crippen molar-refractivity contribution in [2.75, 3.05) is 0 Å². The van der Waals surface area contributed by atoms with Crippen LogP contribution in [0.3, 0.4) is 0 Å². The summed E-state index contributed by atoms with van der Waals surface area (Å²) >= 11 is 0. The SMILES string of the molecule is N#Cc1cc(-n2c3cc(-c4ccc(C(F)(F)F)cc4C(F)(F)F)ccc3c3ccc(-c4ccc(C(F)(F)F)cc4C(F)(F)F)cc32)c(-c2cccc(-c3ccccc3)n2)c(-n2c3cc(-c4ccc(C(F)(F)F)cc4C(F)(F)F)ccc3c3ccc(-c4ccc(C(F)(F)F)cc4C(F)(F)F)cc32)c1. The van der Waals surface area contributed by atoms with Crippen molar-refractivity contribution in [3.05, 3.63) is 256 Å². The molecule has 102 heavy (non-hydrogen) atoms. The van der Waals surface area contributed by atoms with Gasteiger partial charge >= 0.3 is 49.4 Å². The van der Waals surface area contributed by atoms with Crippen LogP contribution in [0.1, 0.15) is 50.1 Å². The smallest absolute Gasteiger partial charge is 0.308 e. The highest BCUT2D eigenvalue weighted by atomic mass is 19.4. The van der Waals surface area contributed by atoms with E-state index < -0.39 is 155 Å². The molecule has 518 valence electrons. The maximum atomic E-state index is 15.2. The fourth-order valence-corrected chi connectivity index (χ4v) is 12.7. The quantitative estimate of drug-likeness (QED) is 0.142. The number of alkyl halides is 24. The number of benzene rings is 10. The molecule has 0 spiro atoms. The van der Waals surface area contributed by atoms with Gasteiger partial charge in [0.05, 0.1) is 101 Å². The van der Waals surface area contributed by atoms with Gasteiger partial charge in [0.25, 0.3) is 0 Å². The Hall–Kier alpha value is -11.2. The molecule has 0 saturated carbocycles. The highest BCUT2D eigenvalue weighted by Crippen LogP contribution is 2.51. The Kier molecular flexibility index (Phi) is 16.3. The summed E-state index contributed by atoms with van der Waals surface area (Å²) in [6, 6.07) is 32.0. The third kappa shape index (κ3) is 12.6. The van der Waals surface area contributed by atoms with Gasteiger partial charge in [0.1, 0.15) is 0 Å². The number of hydrogen-bond acceptors (Lipinski definition) is 2. The zero-order valence-corrected chi connectivity index (χ0v) is 50.5. The van der Waals surface area contributed by atoms with E-state index in [0.717, 1.165) is 69.8 Å². The topological polar surface area (TPSA) is 46.5 Å². The minimum Gasteiger partial charge on any atom is -0.308 e. The van der Waals surface area contributed by atoms with Crippen LogP contribution in [-0.4, -0.2) is 14.1 Å². The van der Waals surface area contributed by atoms with Gasteiger partial charge in [0.15, 0.2) is 0 Å². The van der Waals surface area contributed by atoms with E-state index in [-0.39, 0.29) is 84.8 Å². The van der Waals surface area contributed by atoms with Crippen LogP contribution in [0.25, 0.3) is 122 Å². The largest absolute Gasteiger partial charge is 0.417 e. The highest BCUT2D eigenvalue weighted by molar-refractivity contribution is 6.14. The minimum atomic E-state index is -5.53. The molecule has 0 fully saturated rings. The van der Waals surface area contributed by atoms with E-state index in [4.69, 9.17) is 4.98 Å². The zero-order valence-electron chi connectivity index (χ0n) is 50.5. The molecule has 0 N–H and O–H groups in total. The molecule has 0 amide bonds. The molecular formula is C74H34F24N4. The molecule has 10 aromatic carbocycles. The number of aromatic nitrogens is 3. The van der Waals surface area contributed by atoms with Crippen molar-refractivity contribution in [3.63, 3.8) is 0 Å². The second kappa shape index (κ2) is 24.0. The number of hydrogen-bond donors (Lipinski definition) is 0. The molecule has 13 rings (SSSR count). The molecule has 28 heteroatoms. The second-order valence-electron chi connectivity index (χ2n) is 23.4. The van der Waals surface area contributed by atoms with Gasteiger partial charge in [-0.15, -0.1) is 0 Å². The second-order valence-corrected chi connectivity index (χ2v) is 23.4. The van der Waals surface area contributed by atoms with Crippen LogP contribution in [-0.2, 0) is 49.4 Å². The van der Waals surface area contributed by atoms with Crippen LogP contribution in [0, 0.1) is 11.3 Å². The van der Waals surface area contributed by atoms with E-state index >= 15 is 52.7 Å². The van der Waals surface area contributed by atoms with E-state index in [0.29, 0.717) is 54.1 Å².